The Balaban J connectivity index is 1.61. The average molecular weight is 400 g/mol. The Morgan fingerprint density at radius 3 is 2.54 bits per heavy atom. The maximum atomic E-state index is 12.0. The van der Waals surface area contributed by atoms with Crippen LogP contribution in [0.15, 0.2) is 22.8 Å². The normalized spacial score (nSPS) is 16.1. The fourth-order valence-electron chi connectivity index (χ4n) is 2.39. The largest absolute Gasteiger partial charge is 0.478 e. The van der Waals surface area contributed by atoms with Crippen LogP contribution in [0.25, 0.3) is 0 Å². The van der Waals surface area contributed by atoms with Gasteiger partial charge in [0.15, 0.2) is 0 Å². The molecule has 1 aromatic rings. The first kappa shape index (κ1) is 19.0. The number of pyridine rings is 1. The molecule has 6 nitrogen and oxygen atoms in total. The van der Waals surface area contributed by atoms with Crippen molar-refractivity contribution in [3.63, 3.8) is 0 Å². The van der Waals surface area contributed by atoms with Gasteiger partial charge in [0.05, 0.1) is 6.61 Å². The first-order chi connectivity index (χ1) is 11.3. The lowest BCUT2D eigenvalue weighted by Gasteiger charge is -2.35. The van der Waals surface area contributed by atoms with Crippen molar-refractivity contribution in [2.45, 2.75) is 32.8 Å². The Kier molecular flexibility index (Phi) is 6.86. The summed E-state index contributed by atoms with van der Waals surface area (Å²) in [5.74, 6) is 0.646. The smallest absolute Gasteiger partial charge is 0.410 e. The van der Waals surface area contributed by atoms with E-state index in [-0.39, 0.29) is 6.09 Å². The van der Waals surface area contributed by atoms with Crippen LogP contribution in [0, 0.1) is 0 Å². The Labute approximate surface area is 152 Å². The van der Waals surface area contributed by atoms with Crippen LogP contribution in [0.4, 0.5) is 4.79 Å². The predicted octanol–water partition coefficient (Wildman–Crippen LogP) is 3.17. The van der Waals surface area contributed by atoms with Gasteiger partial charge in [0.1, 0.15) is 5.60 Å². The van der Waals surface area contributed by atoms with Crippen molar-refractivity contribution >= 4 is 22.0 Å². The predicted molar refractivity (Wildman–Crippen MR) is 96.3 cm³/mol. The molecule has 0 aliphatic carbocycles. The van der Waals surface area contributed by atoms with E-state index < -0.39 is 5.60 Å². The molecule has 0 spiro atoms. The van der Waals surface area contributed by atoms with Crippen LogP contribution in [-0.2, 0) is 4.74 Å². The number of piperazine rings is 1. The van der Waals surface area contributed by atoms with E-state index in [1.54, 1.807) is 11.1 Å². The van der Waals surface area contributed by atoms with E-state index in [1.807, 2.05) is 32.9 Å². The summed E-state index contributed by atoms with van der Waals surface area (Å²) in [7, 11) is 0. The van der Waals surface area contributed by atoms with Gasteiger partial charge in [-0.1, -0.05) is 0 Å². The number of nitrogens with zero attached hydrogens (tertiary/aromatic N) is 3. The Morgan fingerprint density at radius 1 is 1.25 bits per heavy atom. The molecule has 0 atom stereocenters. The third kappa shape index (κ3) is 6.65. The fourth-order valence-corrected chi connectivity index (χ4v) is 2.63. The Bertz CT molecular complexity index is 523. The minimum atomic E-state index is -0.438. The van der Waals surface area contributed by atoms with Crippen molar-refractivity contribution in [3.05, 3.63) is 22.8 Å². The molecule has 1 fully saturated rings. The third-order valence-corrected chi connectivity index (χ3v) is 4.06. The first-order valence-electron chi connectivity index (χ1n) is 8.28. The number of amides is 1. The number of aromatic nitrogens is 1. The number of carbonyl (C=O) groups excluding carboxylic acids is 1. The van der Waals surface area contributed by atoms with Crippen LogP contribution in [0.2, 0.25) is 0 Å². The summed E-state index contributed by atoms with van der Waals surface area (Å²) in [6, 6.07) is 3.77. The third-order valence-electron chi connectivity index (χ3n) is 3.59. The molecule has 1 aromatic heterocycles. The van der Waals surface area contributed by atoms with Gasteiger partial charge in [0.25, 0.3) is 0 Å². The van der Waals surface area contributed by atoms with Gasteiger partial charge < -0.3 is 14.4 Å². The maximum absolute atomic E-state index is 12.0. The molecular weight excluding hydrogens is 374 g/mol. The summed E-state index contributed by atoms with van der Waals surface area (Å²) >= 11 is 3.35. The van der Waals surface area contributed by atoms with Crippen molar-refractivity contribution in [1.29, 1.82) is 0 Å². The molecular formula is C17H26BrN3O3. The number of rotatable bonds is 5. The zero-order valence-electron chi connectivity index (χ0n) is 14.6. The minimum absolute atomic E-state index is 0.216. The van der Waals surface area contributed by atoms with Gasteiger partial charge in [-0.05, 0) is 49.2 Å². The second-order valence-corrected chi connectivity index (χ2v) is 7.74. The van der Waals surface area contributed by atoms with Crippen molar-refractivity contribution < 1.29 is 14.3 Å². The number of halogens is 1. The van der Waals surface area contributed by atoms with Crippen LogP contribution < -0.4 is 4.74 Å². The summed E-state index contributed by atoms with van der Waals surface area (Å²) in [4.78, 5) is 20.3. The van der Waals surface area contributed by atoms with E-state index in [4.69, 9.17) is 9.47 Å². The van der Waals surface area contributed by atoms with Crippen LogP contribution in [0.1, 0.15) is 27.2 Å². The summed E-state index contributed by atoms with van der Waals surface area (Å²) in [5, 5.41) is 0. The standard InChI is InChI=1S/C17H26BrN3O3/c1-17(2,3)24-16(22)21-10-8-20(9-11-21)7-4-12-23-15-6-5-14(18)13-19-15/h5-6,13H,4,7-12H2,1-3H3. The molecule has 1 aliphatic heterocycles. The summed E-state index contributed by atoms with van der Waals surface area (Å²) in [5.41, 5.74) is -0.438. The van der Waals surface area contributed by atoms with Gasteiger partial charge >= 0.3 is 6.09 Å². The monoisotopic (exact) mass is 399 g/mol. The number of hydrogen-bond acceptors (Lipinski definition) is 5. The molecule has 0 radical (unpaired) electrons. The van der Waals surface area contributed by atoms with Gasteiger partial charge in [-0.3, -0.25) is 4.90 Å². The first-order valence-corrected chi connectivity index (χ1v) is 9.07. The highest BCUT2D eigenvalue weighted by molar-refractivity contribution is 9.10. The molecule has 0 N–H and O–H groups in total. The van der Waals surface area contributed by atoms with Gasteiger partial charge in [-0.15, -0.1) is 0 Å². The summed E-state index contributed by atoms with van der Waals surface area (Å²) in [6.45, 7) is 10.4. The number of ether oxygens (including phenoxy) is 2. The van der Waals surface area contributed by atoms with Crippen LogP contribution in [-0.4, -0.2) is 65.8 Å². The summed E-state index contributed by atoms with van der Waals surface area (Å²) in [6.07, 6.45) is 2.45. The molecule has 0 bridgehead atoms. The van der Waals surface area contributed by atoms with E-state index in [2.05, 4.69) is 25.8 Å². The summed E-state index contributed by atoms with van der Waals surface area (Å²) < 4.78 is 12.0. The molecule has 2 rings (SSSR count). The Hall–Kier alpha value is -1.34. The Morgan fingerprint density at radius 2 is 1.96 bits per heavy atom. The van der Waals surface area contributed by atoms with Crippen molar-refractivity contribution in [2.75, 3.05) is 39.3 Å². The molecule has 1 saturated heterocycles. The quantitative estimate of drug-likeness (QED) is 0.711. The van der Waals surface area contributed by atoms with Crippen LogP contribution >= 0.6 is 15.9 Å². The highest BCUT2D eigenvalue weighted by atomic mass is 79.9. The highest BCUT2D eigenvalue weighted by Crippen LogP contribution is 2.13. The molecule has 134 valence electrons. The SMILES string of the molecule is CC(C)(C)OC(=O)N1CCN(CCCOc2ccc(Br)cn2)CC1. The topological polar surface area (TPSA) is 54.9 Å². The lowest BCUT2D eigenvalue weighted by atomic mass is 10.2. The van der Waals surface area contributed by atoms with Gasteiger partial charge in [0, 0.05) is 49.5 Å². The zero-order chi connectivity index (χ0) is 17.6. The minimum Gasteiger partial charge on any atom is -0.478 e. The molecule has 2 heterocycles. The lowest BCUT2D eigenvalue weighted by Crippen LogP contribution is -2.50. The number of carbonyl (C=O) groups is 1. The fraction of sp³-hybridized carbons (Fsp3) is 0.647. The second kappa shape index (κ2) is 8.67. The maximum Gasteiger partial charge on any atom is 0.410 e. The van der Waals surface area contributed by atoms with E-state index in [0.29, 0.717) is 25.6 Å². The van der Waals surface area contributed by atoms with Gasteiger partial charge in [-0.25, -0.2) is 9.78 Å². The van der Waals surface area contributed by atoms with Crippen molar-refractivity contribution in [1.82, 2.24) is 14.8 Å². The lowest BCUT2D eigenvalue weighted by molar-refractivity contribution is 0.0142. The van der Waals surface area contributed by atoms with E-state index in [0.717, 1.165) is 30.5 Å². The highest BCUT2D eigenvalue weighted by Gasteiger charge is 2.25. The van der Waals surface area contributed by atoms with E-state index in [9.17, 15) is 4.79 Å². The molecule has 0 unspecified atom stereocenters. The van der Waals surface area contributed by atoms with Gasteiger partial charge in [0.2, 0.25) is 5.88 Å². The molecule has 1 aliphatic rings. The molecule has 1 amide bonds. The second-order valence-electron chi connectivity index (χ2n) is 6.83. The van der Waals surface area contributed by atoms with E-state index >= 15 is 0 Å². The van der Waals surface area contributed by atoms with Crippen LogP contribution in [0.3, 0.4) is 0 Å². The molecule has 7 heteroatoms. The number of hydrogen-bond donors (Lipinski definition) is 0. The molecule has 0 saturated carbocycles. The van der Waals surface area contributed by atoms with Crippen LogP contribution in [0.5, 0.6) is 5.88 Å². The van der Waals surface area contributed by atoms with Gasteiger partial charge in [-0.2, -0.15) is 0 Å². The average Bonchev–Trinajstić information content (AvgIpc) is 2.52. The van der Waals surface area contributed by atoms with Crippen molar-refractivity contribution in [3.8, 4) is 5.88 Å². The molecule has 24 heavy (non-hydrogen) atoms. The van der Waals surface area contributed by atoms with Crippen molar-refractivity contribution in [2.24, 2.45) is 0 Å². The van der Waals surface area contributed by atoms with E-state index in [1.165, 1.54) is 0 Å². The molecule has 0 aromatic carbocycles. The zero-order valence-corrected chi connectivity index (χ0v) is 16.2.